The Labute approximate surface area is 108 Å². The molecule has 0 aliphatic heterocycles. The minimum absolute atomic E-state index is 0.268. The number of benzene rings is 2. The van der Waals surface area contributed by atoms with Gasteiger partial charge in [0, 0.05) is 0 Å². The number of rotatable bonds is 2. The van der Waals surface area contributed by atoms with Crippen LogP contribution < -0.4 is 4.65 Å². The Kier molecular flexibility index (Phi) is 2.84. The summed E-state index contributed by atoms with van der Waals surface area (Å²) < 4.78 is 5.25. The van der Waals surface area contributed by atoms with Gasteiger partial charge < -0.3 is 9.68 Å². The Bertz CT molecular complexity index is 593. The summed E-state index contributed by atoms with van der Waals surface area (Å²) in [5.74, 6) is 0.788. The highest BCUT2D eigenvalue weighted by atomic mass is 16.5. The topological polar surface area (TPSA) is 29.5 Å². The van der Waals surface area contributed by atoms with E-state index in [2.05, 4.69) is 36.4 Å². The Balaban J connectivity index is 2.02. The molecule has 0 spiro atoms. The number of aryl methyl sites for hydroxylation is 1. The molecular weight excluding hydrogens is 223 g/mol. The van der Waals surface area contributed by atoms with E-state index in [-0.39, 0.29) is 7.69 Å². The first kappa shape index (κ1) is 11.4. The SMILES string of the molecule is Cc1cc2c(cc1OBO)Cc1ccccc1C2. The van der Waals surface area contributed by atoms with Crippen LogP contribution in [-0.2, 0) is 12.8 Å². The second-order valence-corrected chi connectivity index (χ2v) is 4.78. The molecule has 18 heavy (non-hydrogen) atoms. The van der Waals surface area contributed by atoms with Gasteiger partial charge in [-0.3, -0.25) is 0 Å². The van der Waals surface area contributed by atoms with Gasteiger partial charge >= 0.3 is 7.69 Å². The molecule has 0 saturated carbocycles. The summed E-state index contributed by atoms with van der Waals surface area (Å²) in [6.45, 7) is 2.02. The molecule has 3 rings (SSSR count). The number of fused-ring (bicyclic) bond motifs is 2. The highest BCUT2D eigenvalue weighted by molar-refractivity contribution is 6.17. The van der Waals surface area contributed by atoms with Crippen LogP contribution in [0.2, 0.25) is 0 Å². The average molecular weight is 238 g/mol. The van der Waals surface area contributed by atoms with Gasteiger partial charge in [0.15, 0.2) is 0 Å². The fourth-order valence-corrected chi connectivity index (χ4v) is 2.66. The molecule has 0 aromatic heterocycles. The van der Waals surface area contributed by atoms with E-state index in [1.54, 1.807) is 0 Å². The average Bonchev–Trinajstić information content (AvgIpc) is 2.38. The normalized spacial score (nSPS) is 12.6. The summed E-state index contributed by atoms with van der Waals surface area (Å²) >= 11 is 0. The van der Waals surface area contributed by atoms with Crippen molar-refractivity contribution >= 4 is 7.69 Å². The molecule has 1 aliphatic carbocycles. The maximum atomic E-state index is 8.88. The van der Waals surface area contributed by atoms with Gasteiger partial charge in [0.25, 0.3) is 0 Å². The number of hydrogen-bond donors (Lipinski definition) is 1. The molecule has 1 aliphatic rings. The van der Waals surface area contributed by atoms with Gasteiger partial charge in [0.1, 0.15) is 5.75 Å². The van der Waals surface area contributed by atoms with Crippen molar-refractivity contribution in [3.8, 4) is 5.75 Å². The third-order valence-corrected chi connectivity index (χ3v) is 3.60. The van der Waals surface area contributed by atoms with Crippen LogP contribution in [0.5, 0.6) is 5.75 Å². The molecule has 90 valence electrons. The van der Waals surface area contributed by atoms with Crippen molar-refractivity contribution in [1.82, 2.24) is 0 Å². The van der Waals surface area contributed by atoms with Crippen molar-refractivity contribution in [3.63, 3.8) is 0 Å². The molecule has 0 bridgehead atoms. The zero-order chi connectivity index (χ0) is 12.5. The molecule has 2 nitrogen and oxygen atoms in total. The largest absolute Gasteiger partial charge is 0.539 e. The van der Waals surface area contributed by atoms with Crippen LogP contribution in [0.25, 0.3) is 0 Å². The molecule has 0 radical (unpaired) electrons. The lowest BCUT2D eigenvalue weighted by atomic mass is 9.85. The maximum absolute atomic E-state index is 8.88. The van der Waals surface area contributed by atoms with E-state index in [9.17, 15) is 0 Å². The summed E-state index contributed by atoms with van der Waals surface area (Å²) in [7, 11) is -0.268. The van der Waals surface area contributed by atoms with Crippen LogP contribution in [0.1, 0.15) is 27.8 Å². The first-order valence-electron chi connectivity index (χ1n) is 6.21. The van der Waals surface area contributed by atoms with E-state index in [0.29, 0.717) is 0 Å². The van der Waals surface area contributed by atoms with Crippen molar-refractivity contribution in [3.05, 3.63) is 64.2 Å². The molecule has 3 heteroatoms. The zero-order valence-electron chi connectivity index (χ0n) is 10.4. The molecule has 0 unspecified atom stereocenters. The molecule has 2 aromatic carbocycles. The third kappa shape index (κ3) is 1.91. The van der Waals surface area contributed by atoms with E-state index >= 15 is 0 Å². The van der Waals surface area contributed by atoms with Gasteiger partial charge in [-0.15, -0.1) is 0 Å². The van der Waals surface area contributed by atoms with E-state index in [1.165, 1.54) is 22.3 Å². The van der Waals surface area contributed by atoms with Crippen molar-refractivity contribution in [2.75, 3.05) is 0 Å². The van der Waals surface area contributed by atoms with Crippen molar-refractivity contribution in [2.45, 2.75) is 19.8 Å². The smallest absolute Gasteiger partial charge is 0.504 e. The molecule has 0 saturated heterocycles. The van der Waals surface area contributed by atoms with E-state index in [4.69, 9.17) is 9.68 Å². The summed E-state index contributed by atoms with van der Waals surface area (Å²) in [5, 5.41) is 8.88. The molecule has 1 N–H and O–H groups in total. The van der Waals surface area contributed by atoms with E-state index < -0.39 is 0 Å². The molecule has 0 amide bonds. The first-order chi connectivity index (χ1) is 8.78. The van der Waals surface area contributed by atoms with Crippen molar-refractivity contribution in [1.29, 1.82) is 0 Å². The van der Waals surface area contributed by atoms with Crippen LogP contribution in [0.15, 0.2) is 36.4 Å². The van der Waals surface area contributed by atoms with E-state index in [1.807, 2.05) is 6.92 Å². The lowest BCUT2D eigenvalue weighted by Gasteiger charge is -2.21. The summed E-state index contributed by atoms with van der Waals surface area (Å²) in [4.78, 5) is 0. The van der Waals surface area contributed by atoms with Crippen molar-refractivity contribution < 1.29 is 9.68 Å². The first-order valence-corrected chi connectivity index (χ1v) is 6.21. The highest BCUT2D eigenvalue weighted by Gasteiger charge is 2.16. The zero-order valence-corrected chi connectivity index (χ0v) is 10.4. The van der Waals surface area contributed by atoms with Gasteiger partial charge in [-0.05, 0) is 53.6 Å². The van der Waals surface area contributed by atoms with Gasteiger partial charge in [-0.25, -0.2) is 0 Å². The van der Waals surface area contributed by atoms with Crippen LogP contribution in [0, 0.1) is 6.92 Å². The molecule has 2 aromatic rings. The highest BCUT2D eigenvalue weighted by Crippen LogP contribution is 2.31. The maximum Gasteiger partial charge on any atom is 0.504 e. The summed E-state index contributed by atoms with van der Waals surface area (Å²) in [5.41, 5.74) is 6.57. The van der Waals surface area contributed by atoms with Crippen molar-refractivity contribution in [2.24, 2.45) is 0 Å². The fraction of sp³-hybridized carbons (Fsp3) is 0.200. The second-order valence-electron chi connectivity index (χ2n) is 4.78. The van der Waals surface area contributed by atoms with E-state index in [0.717, 1.165) is 24.2 Å². The predicted molar refractivity (Wildman–Crippen MR) is 73.2 cm³/mol. The quantitative estimate of drug-likeness (QED) is 0.693. The second kappa shape index (κ2) is 4.50. The third-order valence-electron chi connectivity index (χ3n) is 3.60. The van der Waals surface area contributed by atoms with Crippen LogP contribution >= 0.6 is 0 Å². The monoisotopic (exact) mass is 238 g/mol. The predicted octanol–water partition coefficient (Wildman–Crippen LogP) is 2.13. The Hall–Kier alpha value is -1.74. The van der Waals surface area contributed by atoms with Crippen LogP contribution in [-0.4, -0.2) is 12.7 Å². The molecule has 0 heterocycles. The van der Waals surface area contributed by atoms with Crippen LogP contribution in [0.3, 0.4) is 0 Å². The molecule has 0 atom stereocenters. The standard InChI is InChI=1S/C15H15BO2/c1-10-6-13-7-11-4-2-3-5-12(11)8-14(13)9-15(10)18-16-17/h2-6,9,16-17H,7-8H2,1H3. The van der Waals surface area contributed by atoms with Crippen LogP contribution in [0.4, 0.5) is 0 Å². The molecule has 0 fully saturated rings. The fourth-order valence-electron chi connectivity index (χ4n) is 2.66. The Morgan fingerprint density at radius 2 is 1.61 bits per heavy atom. The van der Waals surface area contributed by atoms with Gasteiger partial charge in [-0.1, -0.05) is 30.3 Å². The minimum Gasteiger partial charge on any atom is -0.539 e. The molecular formula is C15H15BO2. The Morgan fingerprint density at radius 3 is 2.22 bits per heavy atom. The van der Waals surface area contributed by atoms with Gasteiger partial charge in [0.05, 0.1) is 0 Å². The number of hydrogen-bond acceptors (Lipinski definition) is 2. The lowest BCUT2D eigenvalue weighted by Crippen LogP contribution is -2.09. The van der Waals surface area contributed by atoms with Gasteiger partial charge in [-0.2, -0.15) is 0 Å². The lowest BCUT2D eigenvalue weighted by molar-refractivity contribution is 0.451. The summed E-state index contributed by atoms with van der Waals surface area (Å²) in [6, 6.07) is 12.8. The minimum atomic E-state index is -0.268. The summed E-state index contributed by atoms with van der Waals surface area (Å²) in [6.07, 6.45) is 1.94. The Morgan fingerprint density at radius 1 is 1.00 bits per heavy atom. The van der Waals surface area contributed by atoms with Gasteiger partial charge in [0.2, 0.25) is 0 Å².